The van der Waals surface area contributed by atoms with Crippen molar-refractivity contribution in [2.24, 2.45) is 5.73 Å². The second kappa shape index (κ2) is 8.52. The summed E-state index contributed by atoms with van der Waals surface area (Å²) in [4.78, 5) is 19.7. The minimum Gasteiger partial charge on any atom is -0.351 e. The highest BCUT2D eigenvalue weighted by atomic mass is 35.5. The molecule has 1 atom stereocenters. The first-order valence-corrected chi connectivity index (χ1v) is 5.64. The molecule has 0 aromatic carbocycles. The molecular weight excluding hydrogens is 301 g/mol. The van der Waals surface area contributed by atoms with E-state index in [9.17, 15) is 4.79 Å². The first kappa shape index (κ1) is 18.4. The van der Waals surface area contributed by atoms with Gasteiger partial charge in [-0.05, 0) is 13.0 Å². The molecule has 8 heteroatoms. The summed E-state index contributed by atoms with van der Waals surface area (Å²) in [6.07, 6.45) is 6.85. The molecule has 2 rings (SSSR count). The number of carbonyl (C=O) groups excluding carboxylic acids is 1. The number of pyridine rings is 1. The van der Waals surface area contributed by atoms with Crippen molar-refractivity contribution in [3.05, 3.63) is 42.6 Å². The summed E-state index contributed by atoms with van der Waals surface area (Å²) in [5.74, 6) is 0.565. The SMILES string of the molecule is C[C@@H](N)C(=O)NCc1cccnc1-n1ccnc1.Cl.Cl. The van der Waals surface area contributed by atoms with Crippen LogP contribution >= 0.6 is 24.8 Å². The van der Waals surface area contributed by atoms with Gasteiger partial charge in [-0.2, -0.15) is 0 Å². The highest BCUT2D eigenvalue weighted by Crippen LogP contribution is 2.10. The smallest absolute Gasteiger partial charge is 0.236 e. The predicted octanol–water partition coefficient (Wildman–Crippen LogP) is 1.07. The Morgan fingerprint density at radius 3 is 2.80 bits per heavy atom. The van der Waals surface area contributed by atoms with Crippen LogP contribution in [0.2, 0.25) is 0 Å². The number of aromatic nitrogens is 3. The third kappa shape index (κ3) is 4.48. The topological polar surface area (TPSA) is 85.8 Å². The van der Waals surface area contributed by atoms with Crippen molar-refractivity contribution in [3.63, 3.8) is 0 Å². The van der Waals surface area contributed by atoms with Crippen LogP contribution < -0.4 is 11.1 Å². The molecule has 0 aliphatic heterocycles. The van der Waals surface area contributed by atoms with Crippen LogP contribution in [0.15, 0.2) is 37.1 Å². The van der Waals surface area contributed by atoms with Crippen molar-refractivity contribution < 1.29 is 4.79 Å². The third-order valence-corrected chi connectivity index (χ3v) is 2.48. The van der Waals surface area contributed by atoms with Gasteiger partial charge in [0.05, 0.1) is 6.04 Å². The molecular formula is C12H17Cl2N5O. The number of hydrogen-bond acceptors (Lipinski definition) is 4. The zero-order valence-electron chi connectivity index (χ0n) is 10.9. The van der Waals surface area contributed by atoms with Crippen molar-refractivity contribution in [2.75, 3.05) is 0 Å². The van der Waals surface area contributed by atoms with Gasteiger partial charge in [0.15, 0.2) is 0 Å². The average molecular weight is 318 g/mol. The molecule has 0 fully saturated rings. The first-order valence-electron chi connectivity index (χ1n) is 5.64. The largest absolute Gasteiger partial charge is 0.351 e. The van der Waals surface area contributed by atoms with Crippen LogP contribution in [0, 0.1) is 0 Å². The second-order valence-electron chi connectivity index (χ2n) is 3.96. The van der Waals surface area contributed by atoms with Crippen LogP contribution in [-0.2, 0) is 11.3 Å². The zero-order chi connectivity index (χ0) is 13.0. The molecule has 2 aromatic heterocycles. The molecule has 0 aliphatic rings. The predicted molar refractivity (Wildman–Crippen MR) is 81.4 cm³/mol. The van der Waals surface area contributed by atoms with Crippen LogP contribution in [0.1, 0.15) is 12.5 Å². The van der Waals surface area contributed by atoms with Crippen molar-refractivity contribution in [3.8, 4) is 5.82 Å². The lowest BCUT2D eigenvalue weighted by atomic mass is 10.2. The number of rotatable bonds is 4. The van der Waals surface area contributed by atoms with E-state index < -0.39 is 6.04 Å². The quantitative estimate of drug-likeness (QED) is 0.883. The Labute approximate surface area is 129 Å². The number of hydrogen-bond donors (Lipinski definition) is 2. The van der Waals surface area contributed by atoms with E-state index >= 15 is 0 Å². The normalized spacial score (nSPS) is 10.9. The molecule has 0 spiro atoms. The number of imidazole rings is 1. The number of nitrogens with one attached hydrogen (secondary N) is 1. The number of nitrogens with zero attached hydrogens (tertiary/aromatic N) is 3. The molecule has 2 aromatic rings. The molecule has 0 aliphatic carbocycles. The number of carbonyl (C=O) groups is 1. The summed E-state index contributed by atoms with van der Waals surface area (Å²) in [6.45, 7) is 2.04. The Hall–Kier alpha value is -1.63. The van der Waals surface area contributed by atoms with Gasteiger partial charge in [0, 0.05) is 30.7 Å². The van der Waals surface area contributed by atoms with E-state index in [0.717, 1.165) is 11.4 Å². The Morgan fingerprint density at radius 2 is 2.20 bits per heavy atom. The lowest BCUT2D eigenvalue weighted by Crippen LogP contribution is -2.38. The maximum absolute atomic E-state index is 11.4. The van der Waals surface area contributed by atoms with Crippen molar-refractivity contribution >= 4 is 30.7 Å². The molecule has 0 unspecified atom stereocenters. The van der Waals surface area contributed by atoms with E-state index in [1.165, 1.54) is 0 Å². The Bertz CT molecular complexity index is 530. The number of nitrogens with two attached hydrogens (primary N) is 1. The van der Waals surface area contributed by atoms with Crippen LogP contribution in [0.3, 0.4) is 0 Å². The highest BCUT2D eigenvalue weighted by molar-refractivity contribution is 5.85. The highest BCUT2D eigenvalue weighted by Gasteiger charge is 2.09. The minimum absolute atomic E-state index is 0. The Kier molecular flexibility index (Phi) is 7.83. The lowest BCUT2D eigenvalue weighted by Gasteiger charge is -2.11. The summed E-state index contributed by atoms with van der Waals surface area (Å²) < 4.78 is 1.80. The lowest BCUT2D eigenvalue weighted by molar-refractivity contribution is -0.122. The standard InChI is InChI=1S/C12H15N5O.2ClH/c1-9(13)12(18)16-7-10-3-2-4-15-11(10)17-6-5-14-8-17;;/h2-6,8-9H,7,13H2,1H3,(H,16,18);2*1H/t9-;;/m1../s1. The van der Waals surface area contributed by atoms with Gasteiger partial charge < -0.3 is 11.1 Å². The van der Waals surface area contributed by atoms with Crippen LogP contribution in [0.5, 0.6) is 0 Å². The number of halogens is 2. The van der Waals surface area contributed by atoms with Gasteiger partial charge in [-0.3, -0.25) is 9.36 Å². The molecule has 0 saturated heterocycles. The molecule has 2 heterocycles. The fourth-order valence-corrected chi connectivity index (χ4v) is 1.53. The molecule has 3 N–H and O–H groups in total. The van der Waals surface area contributed by atoms with E-state index in [4.69, 9.17) is 5.73 Å². The van der Waals surface area contributed by atoms with Crippen molar-refractivity contribution in [2.45, 2.75) is 19.5 Å². The van der Waals surface area contributed by atoms with Crippen LogP contribution in [0.4, 0.5) is 0 Å². The first-order chi connectivity index (χ1) is 8.68. The summed E-state index contributed by atoms with van der Waals surface area (Å²) in [7, 11) is 0. The minimum atomic E-state index is -0.515. The Morgan fingerprint density at radius 1 is 1.45 bits per heavy atom. The van der Waals surface area contributed by atoms with E-state index in [-0.39, 0.29) is 30.7 Å². The zero-order valence-corrected chi connectivity index (χ0v) is 12.5. The van der Waals surface area contributed by atoms with E-state index in [1.54, 1.807) is 36.4 Å². The maximum Gasteiger partial charge on any atom is 0.236 e. The monoisotopic (exact) mass is 317 g/mol. The fourth-order valence-electron chi connectivity index (χ4n) is 1.53. The molecule has 20 heavy (non-hydrogen) atoms. The summed E-state index contributed by atoms with van der Waals surface area (Å²) in [5.41, 5.74) is 6.40. The van der Waals surface area contributed by atoms with Gasteiger partial charge in [0.1, 0.15) is 12.1 Å². The number of amides is 1. The molecule has 6 nitrogen and oxygen atoms in total. The summed E-state index contributed by atoms with van der Waals surface area (Å²) >= 11 is 0. The van der Waals surface area contributed by atoms with E-state index in [1.807, 2.05) is 12.1 Å². The molecule has 0 saturated carbocycles. The molecule has 0 bridgehead atoms. The maximum atomic E-state index is 11.4. The van der Waals surface area contributed by atoms with Crippen molar-refractivity contribution in [1.82, 2.24) is 19.9 Å². The average Bonchev–Trinajstić information content (AvgIpc) is 2.89. The van der Waals surface area contributed by atoms with Gasteiger partial charge in [-0.25, -0.2) is 9.97 Å². The fraction of sp³-hybridized carbons (Fsp3) is 0.250. The van der Waals surface area contributed by atoms with Gasteiger partial charge in [0.2, 0.25) is 5.91 Å². The van der Waals surface area contributed by atoms with Gasteiger partial charge in [0.25, 0.3) is 0 Å². The van der Waals surface area contributed by atoms with Crippen molar-refractivity contribution in [1.29, 1.82) is 0 Å². The molecule has 110 valence electrons. The van der Waals surface area contributed by atoms with E-state index in [0.29, 0.717) is 6.54 Å². The van der Waals surface area contributed by atoms with Crippen LogP contribution in [0.25, 0.3) is 5.82 Å². The van der Waals surface area contributed by atoms with Gasteiger partial charge >= 0.3 is 0 Å². The Balaban J connectivity index is 0.00000180. The van der Waals surface area contributed by atoms with Crippen LogP contribution in [-0.4, -0.2) is 26.5 Å². The summed E-state index contributed by atoms with van der Waals surface area (Å²) in [6, 6.07) is 3.22. The van der Waals surface area contributed by atoms with E-state index in [2.05, 4.69) is 15.3 Å². The van der Waals surface area contributed by atoms with Gasteiger partial charge in [-0.15, -0.1) is 24.8 Å². The molecule has 0 radical (unpaired) electrons. The summed E-state index contributed by atoms with van der Waals surface area (Å²) in [5, 5.41) is 2.76. The third-order valence-electron chi connectivity index (χ3n) is 2.48. The second-order valence-corrected chi connectivity index (χ2v) is 3.96. The molecule has 1 amide bonds. The van der Waals surface area contributed by atoms with Gasteiger partial charge in [-0.1, -0.05) is 6.07 Å².